The van der Waals surface area contributed by atoms with E-state index in [9.17, 15) is 9.59 Å². The Morgan fingerprint density at radius 1 is 1.08 bits per heavy atom. The maximum Gasteiger partial charge on any atom is 0.271 e. The predicted molar refractivity (Wildman–Crippen MR) is 135 cm³/mol. The van der Waals surface area contributed by atoms with Gasteiger partial charge in [0.05, 0.1) is 29.7 Å². The highest BCUT2D eigenvalue weighted by atomic mass is 35.5. The molecule has 3 N–H and O–H groups in total. The van der Waals surface area contributed by atoms with E-state index in [-0.39, 0.29) is 17.7 Å². The number of carbonyl (C=O) groups excluding carboxylic acids is 2. The lowest BCUT2D eigenvalue weighted by Crippen LogP contribution is -2.41. The molecule has 11 heteroatoms. The number of aromatic nitrogens is 5. The summed E-state index contributed by atoms with van der Waals surface area (Å²) in [4.78, 5) is 31.6. The maximum atomic E-state index is 13.0. The number of methoxy groups -OCH3 is 1. The lowest BCUT2D eigenvalue weighted by Gasteiger charge is -2.30. The molecule has 0 saturated carbocycles. The van der Waals surface area contributed by atoms with Crippen molar-refractivity contribution in [2.24, 2.45) is 5.92 Å². The fourth-order valence-corrected chi connectivity index (χ4v) is 4.39. The Morgan fingerprint density at radius 3 is 2.61 bits per heavy atom. The zero-order valence-corrected chi connectivity index (χ0v) is 20.2. The summed E-state index contributed by atoms with van der Waals surface area (Å²) in [5.74, 6) is 0.403. The highest BCUT2D eigenvalue weighted by Crippen LogP contribution is 2.29. The van der Waals surface area contributed by atoms with Gasteiger partial charge in [0.25, 0.3) is 5.91 Å². The summed E-state index contributed by atoms with van der Waals surface area (Å²) in [6.45, 7) is 0.926. The molecule has 0 spiro atoms. The Morgan fingerprint density at radius 2 is 1.86 bits per heavy atom. The first-order valence-corrected chi connectivity index (χ1v) is 11.9. The van der Waals surface area contributed by atoms with E-state index in [0.29, 0.717) is 59.6 Å². The van der Waals surface area contributed by atoms with E-state index >= 15 is 0 Å². The number of carbonyl (C=O) groups is 2. The van der Waals surface area contributed by atoms with Crippen molar-refractivity contribution in [2.45, 2.75) is 12.8 Å². The van der Waals surface area contributed by atoms with Crippen molar-refractivity contribution in [1.29, 1.82) is 0 Å². The molecule has 4 heterocycles. The molecule has 5 rings (SSSR count). The summed E-state index contributed by atoms with van der Waals surface area (Å²) in [7, 11) is 1.51. The molecule has 1 saturated heterocycles. The summed E-state index contributed by atoms with van der Waals surface area (Å²) in [6, 6.07) is 14.9. The molecule has 1 aliphatic rings. The van der Waals surface area contributed by atoms with Crippen LogP contribution in [0.3, 0.4) is 0 Å². The van der Waals surface area contributed by atoms with E-state index < -0.39 is 0 Å². The van der Waals surface area contributed by atoms with Crippen molar-refractivity contribution in [2.75, 3.05) is 25.5 Å². The van der Waals surface area contributed by atoms with Crippen LogP contribution in [0, 0.1) is 5.92 Å². The minimum atomic E-state index is -0.202. The second kappa shape index (κ2) is 10.2. The Labute approximate surface area is 212 Å². The Balaban J connectivity index is 1.17. The fourth-order valence-electron chi connectivity index (χ4n) is 4.19. The molecule has 184 valence electrons. The highest BCUT2D eigenvalue weighted by molar-refractivity contribution is 6.33. The van der Waals surface area contributed by atoms with Crippen LogP contribution in [-0.2, 0) is 4.79 Å². The van der Waals surface area contributed by atoms with Gasteiger partial charge in [-0.1, -0.05) is 41.9 Å². The molecule has 0 aliphatic carbocycles. The molecule has 36 heavy (non-hydrogen) atoms. The van der Waals surface area contributed by atoms with Gasteiger partial charge < -0.3 is 15.0 Å². The minimum Gasteiger partial charge on any atom is -0.481 e. The number of nitrogens with one attached hydrogen (secondary N) is 3. The standard InChI is InChI=1S/C25H24ClN7O3/c1-36-23-11-17(18(26)14-27-23)20-12-21(31-30-20)25(35)33-9-7-16(8-10-33)24(34)28-22-13-19(29-32-22)15-5-3-2-4-6-15/h2-6,11-14,16H,7-10H2,1H3,(H,30,31)(H2,28,29,32,34). The molecule has 2 amide bonds. The van der Waals surface area contributed by atoms with Crippen LogP contribution in [-0.4, -0.2) is 62.3 Å². The molecule has 3 aromatic heterocycles. The number of amides is 2. The largest absolute Gasteiger partial charge is 0.481 e. The SMILES string of the molecule is COc1cc(-c2cc(C(=O)N3CCC(C(=O)Nc4cc(-c5ccccc5)[nH]n4)CC3)[nH]n2)c(Cl)cn1. The summed E-state index contributed by atoms with van der Waals surface area (Å²) in [5.41, 5.74) is 3.31. The normalized spacial score (nSPS) is 14.0. The molecular formula is C25H24ClN7O3. The maximum absolute atomic E-state index is 13.0. The second-order valence-corrected chi connectivity index (χ2v) is 8.87. The van der Waals surface area contributed by atoms with E-state index in [0.717, 1.165) is 11.3 Å². The average Bonchev–Trinajstić information content (AvgIpc) is 3.59. The summed E-state index contributed by atoms with van der Waals surface area (Å²) < 4.78 is 5.15. The molecule has 0 bridgehead atoms. The lowest BCUT2D eigenvalue weighted by molar-refractivity contribution is -0.121. The van der Waals surface area contributed by atoms with Crippen molar-refractivity contribution in [3.63, 3.8) is 0 Å². The van der Waals surface area contributed by atoms with Gasteiger partial charge in [-0.15, -0.1) is 0 Å². The van der Waals surface area contributed by atoms with Gasteiger partial charge in [0.2, 0.25) is 11.8 Å². The van der Waals surface area contributed by atoms with Crippen molar-refractivity contribution >= 4 is 29.2 Å². The summed E-state index contributed by atoms with van der Waals surface area (Å²) in [6.07, 6.45) is 2.59. The average molecular weight is 506 g/mol. The van der Waals surface area contributed by atoms with Gasteiger partial charge in [-0.25, -0.2) is 4.98 Å². The molecule has 0 unspecified atom stereocenters. The number of ether oxygens (including phenoxy) is 1. The quantitative estimate of drug-likeness (QED) is 0.363. The van der Waals surface area contributed by atoms with Gasteiger partial charge in [0.15, 0.2) is 5.82 Å². The van der Waals surface area contributed by atoms with E-state index in [1.165, 1.54) is 13.3 Å². The molecule has 10 nitrogen and oxygen atoms in total. The number of anilines is 1. The van der Waals surface area contributed by atoms with Crippen LogP contribution < -0.4 is 10.1 Å². The van der Waals surface area contributed by atoms with Crippen LogP contribution in [0.4, 0.5) is 5.82 Å². The van der Waals surface area contributed by atoms with E-state index in [1.807, 2.05) is 36.4 Å². The third kappa shape index (κ3) is 4.94. The summed E-state index contributed by atoms with van der Waals surface area (Å²) in [5, 5.41) is 17.5. The fraction of sp³-hybridized carbons (Fsp3) is 0.240. The van der Waals surface area contributed by atoms with Crippen molar-refractivity contribution in [1.82, 2.24) is 30.3 Å². The van der Waals surface area contributed by atoms with E-state index in [4.69, 9.17) is 16.3 Å². The van der Waals surface area contributed by atoms with Gasteiger partial charge in [-0.05, 0) is 24.5 Å². The molecule has 1 aliphatic heterocycles. The molecule has 4 aromatic rings. The zero-order valence-electron chi connectivity index (χ0n) is 19.5. The number of benzene rings is 1. The van der Waals surface area contributed by atoms with Gasteiger partial charge >= 0.3 is 0 Å². The number of hydrogen-bond donors (Lipinski definition) is 3. The lowest BCUT2D eigenvalue weighted by atomic mass is 9.95. The first-order valence-electron chi connectivity index (χ1n) is 11.5. The first-order chi connectivity index (χ1) is 17.5. The molecule has 1 aromatic carbocycles. The van der Waals surface area contributed by atoms with E-state index in [2.05, 4.69) is 30.7 Å². The van der Waals surface area contributed by atoms with Gasteiger partial charge in [0.1, 0.15) is 5.69 Å². The molecule has 1 fully saturated rings. The highest BCUT2D eigenvalue weighted by Gasteiger charge is 2.29. The predicted octanol–water partition coefficient (Wildman–Crippen LogP) is 4.01. The molecule has 0 radical (unpaired) electrons. The number of nitrogens with zero attached hydrogens (tertiary/aromatic N) is 4. The number of halogens is 1. The van der Waals surface area contributed by atoms with Gasteiger partial charge in [0, 0.05) is 36.7 Å². The number of rotatable bonds is 6. The topological polar surface area (TPSA) is 129 Å². The second-order valence-electron chi connectivity index (χ2n) is 8.46. The number of H-pyrrole nitrogens is 2. The van der Waals surface area contributed by atoms with Crippen LogP contribution in [0.5, 0.6) is 5.88 Å². The number of hydrogen-bond acceptors (Lipinski definition) is 6. The number of likely N-dealkylation sites (tertiary alicyclic amines) is 1. The van der Waals surface area contributed by atoms with E-state index in [1.54, 1.807) is 17.0 Å². The number of pyridine rings is 1. The smallest absolute Gasteiger partial charge is 0.271 e. The molecule has 0 atom stereocenters. The van der Waals surface area contributed by atoms with Crippen LogP contribution in [0.2, 0.25) is 5.02 Å². The van der Waals surface area contributed by atoms with Crippen LogP contribution in [0.15, 0.2) is 54.7 Å². The van der Waals surface area contributed by atoms with Crippen LogP contribution in [0.1, 0.15) is 23.3 Å². The van der Waals surface area contributed by atoms with Gasteiger partial charge in [-0.2, -0.15) is 10.2 Å². The summed E-state index contributed by atoms with van der Waals surface area (Å²) >= 11 is 6.25. The molecular weight excluding hydrogens is 482 g/mol. The zero-order chi connectivity index (χ0) is 25.1. The van der Waals surface area contributed by atoms with Crippen molar-refractivity contribution in [3.05, 3.63) is 65.4 Å². The minimum absolute atomic E-state index is 0.0988. The van der Waals surface area contributed by atoms with Crippen LogP contribution >= 0.6 is 11.6 Å². The Hall–Kier alpha value is -4.18. The monoisotopic (exact) mass is 505 g/mol. The number of piperidine rings is 1. The first kappa shape index (κ1) is 23.6. The van der Waals surface area contributed by atoms with Crippen molar-refractivity contribution in [3.8, 4) is 28.4 Å². The third-order valence-electron chi connectivity index (χ3n) is 6.19. The third-order valence-corrected chi connectivity index (χ3v) is 6.49. The van der Waals surface area contributed by atoms with Crippen LogP contribution in [0.25, 0.3) is 22.5 Å². The number of aromatic amines is 2. The van der Waals surface area contributed by atoms with Gasteiger partial charge in [-0.3, -0.25) is 19.8 Å². The van der Waals surface area contributed by atoms with Crippen molar-refractivity contribution < 1.29 is 14.3 Å². The Kier molecular flexibility index (Phi) is 6.68. The Bertz CT molecular complexity index is 1380.